The molecule has 1 amide bonds. The van der Waals surface area contributed by atoms with E-state index < -0.39 is 22.0 Å². The SMILES string of the molecule is COc1ccc(NC(=O)C(C)N(c2cccc(C)c2)S(C)(=O)=O)cc1OC. The molecule has 0 heterocycles. The fourth-order valence-electron chi connectivity index (χ4n) is 2.73. The fourth-order valence-corrected chi connectivity index (χ4v) is 3.90. The Morgan fingerprint density at radius 2 is 1.74 bits per heavy atom. The molecule has 2 aromatic rings. The zero-order valence-electron chi connectivity index (χ0n) is 16.0. The molecule has 0 saturated heterocycles. The van der Waals surface area contributed by atoms with E-state index in [0.717, 1.165) is 16.1 Å². The summed E-state index contributed by atoms with van der Waals surface area (Å²) in [6.07, 6.45) is 1.08. The van der Waals surface area contributed by atoms with Gasteiger partial charge in [0.1, 0.15) is 6.04 Å². The molecular formula is C19H24N2O5S. The van der Waals surface area contributed by atoms with E-state index in [-0.39, 0.29) is 0 Å². The fraction of sp³-hybridized carbons (Fsp3) is 0.316. The highest BCUT2D eigenvalue weighted by atomic mass is 32.2. The first-order valence-electron chi connectivity index (χ1n) is 8.26. The van der Waals surface area contributed by atoms with E-state index in [2.05, 4.69) is 5.32 Å². The van der Waals surface area contributed by atoms with E-state index >= 15 is 0 Å². The molecule has 8 heteroatoms. The normalized spacial score (nSPS) is 12.2. The number of methoxy groups -OCH3 is 2. The minimum atomic E-state index is -3.67. The molecule has 2 aromatic carbocycles. The summed E-state index contributed by atoms with van der Waals surface area (Å²) in [6.45, 7) is 3.40. The third kappa shape index (κ3) is 4.91. The van der Waals surface area contributed by atoms with Crippen molar-refractivity contribution in [1.29, 1.82) is 0 Å². The molecule has 0 aliphatic carbocycles. The lowest BCUT2D eigenvalue weighted by Gasteiger charge is -2.28. The Kier molecular flexibility index (Phi) is 6.32. The Morgan fingerprint density at radius 3 is 2.30 bits per heavy atom. The van der Waals surface area contributed by atoms with Crippen LogP contribution in [0.2, 0.25) is 0 Å². The van der Waals surface area contributed by atoms with Crippen molar-refractivity contribution in [3.8, 4) is 11.5 Å². The third-order valence-corrected chi connectivity index (χ3v) is 5.24. The monoisotopic (exact) mass is 392 g/mol. The van der Waals surface area contributed by atoms with Crippen LogP contribution < -0.4 is 19.1 Å². The molecule has 7 nitrogen and oxygen atoms in total. The van der Waals surface area contributed by atoms with Crippen LogP contribution in [0.5, 0.6) is 11.5 Å². The van der Waals surface area contributed by atoms with Crippen molar-refractivity contribution in [1.82, 2.24) is 0 Å². The van der Waals surface area contributed by atoms with Gasteiger partial charge in [-0.15, -0.1) is 0 Å². The van der Waals surface area contributed by atoms with Crippen molar-refractivity contribution < 1.29 is 22.7 Å². The first kappa shape index (κ1) is 20.6. The predicted molar refractivity (Wildman–Crippen MR) is 106 cm³/mol. The van der Waals surface area contributed by atoms with Crippen LogP contribution in [0.3, 0.4) is 0 Å². The first-order valence-corrected chi connectivity index (χ1v) is 10.1. The van der Waals surface area contributed by atoms with E-state index in [1.165, 1.54) is 14.2 Å². The van der Waals surface area contributed by atoms with Crippen molar-refractivity contribution in [2.75, 3.05) is 30.1 Å². The third-order valence-electron chi connectivity index (χ3n) is 4.00. The number of nitrogens with zero attached hydrogens (tertiary/aromatic N) is 1. The summed E-state index contributed by atoms with van der Waals surface area (Å²) >= 11 is 0. The Balaban J connectivity index is 2.30. The van der Waals surface area contributed by atoms with E-state index in [1.807, 2.05) is 13.0 Å². The Morgan fingerprint density at radius 1 is 1.07 bits per heavy atom. The highest BCUT2D eigenvalue weighted by molar-refractivity contribution is 7.92. The minimum absolute atomic E-state index is 0.437. The summed E-state index contributed by atoms with van der Waals surface area (Å²) in [6, 6.07) is 11.0. The molecule has 1 atom stereocenters. The summed E-state index contributed by atoms with van der Waals surface area (Å²) in [5, 5.41) is 2.72. The van der Waals surface area contributed by atoms with Gasteiger partial charge in [0, 0.05) is 11.8 Å². The van der Waals surface area contributed by atoms with Crippen LogP contribution >= 0.6 is 0 Å². The second-order valence-electron chi connectivity index (χ2n) is 6.13. The number of anilines is 2. The number of hydrogen-bond acceptors (Lipinski definition) is 5. The molecule has 27 heavy (non-hydrogen) atoms. The molecule has 1 unspecified atom stereocenters. The number of sulfonamides is 1. The summed E-state index contributed by atoms with van der Waals surface area (Å²) < 4.78 is 36.2. The Bertz CT molecular complexity index is 927. The average Bonchev–Trinajstić information content (AvgIpc) is 2.60. The number of carbonyl (C=O) groups excluding carboxylic acids is 1. The van der Waals surface area contributed by atoms with Gasteiger partial charge in [-0.3, -0.25) is 9.10 Å². The number of ether oxygens (including phenoxy) is 2. The van der Waals surface area contributed by atoms with Crippen LogP contribution in [-0.2, 0) is 14.8 Å². The van der Waals surface area contributed by atoms with Crippen LogP contribution in [0.15, 0.2) is 42.5 Å². The second-order valence-corrected chi connectivity index (χ2v) is 7.99. The van der Waals surface area contributed by atoms with E-state index in [4.69, 9.17) is 9.47 Å². The minimum Gasteiger partial charge on any atom is -0.493 e. The molecule has 0 aliphatic heterocycles. The number of carbonyl (C=O) groups is 1. The average molecular weight is 392 g/mol. The summed E-state index contributed by atoms with van der Waals surface area (Å²) in [5.74, 6) is 0.525. The molecule has 0 saturated carbocycles. The number of benzene rings is 2. The molecule has 0 spiro atoms. The molecular weight excluding hydrogens is 368 g/mol. The van der Waals surface area contributed by atoms with E-state index in [9.17, 15) is 13.2 Å². The van der Waals surface area contributed by atoms with Crippen LogP contribution in [0, 0.1) is 6.92 Å². The number of amides is 1. The molecule has 2 rings (SSSR count). The van der Waals surface area contributed by atoms with Gasteiger partial charge in [-0.25, -0.2) is 8.42 Å². The quantitative estimate of drug-likeness (QED) is 0.783. The lowest BCUT2D eigenvalue weighted by Crippen LogP contribution is -2.45. The van der Waals surface area contributed by atoms with Crippen molar-refractivity contribution in [2.24, 2.45) is 0 Å². The lowest BCUT2D eigenvalue weighted by atomic mass is 10.2. The van der Waals surface area contributed by atoms with Crippen LogP contribution in [0.4, 0.5) is 11.4 Å². The Hall–Kier alpha value is -2.74. The van der Waals surface area contributed by atoms with Crippen LogP contribution in [0.25, 0.3) is 0 Å². The molecule has 0 fully saturated rings. The van der Waals surface area contributed by atoms with Crippen molar-refractivity contribution >= 4 is 27.3 Å². The van der Waals surface area contributed by atoms with Gasteiger partial charge in [0.2, 0.25) is 15.9 Å². The maximum Gasteiger partial charge on any atom is 0.247 e. The van der Waals surface area contributed by atoms with Gasteiger partial charge in [-0.2, -0.15) is 0 Å². The number of aryl methyl sites for hydroxylation is 1. The van der Waals surface area contributed by atoms with Gasteiger partial charge in [0.15, 0.2) is 11.5 Å². The van der Waals surface area contributed by atoms with Gasteiger partial charge >= 0.3 is 0 Å². The van der Waals surface area contributed by atoms with Gasteiger partial charge in [-0.1, -0.05) is 12.1 Å². The smallest absolute Gasteiger partial charge is 0.247 e. The highest BCUT2D eigenvalue weighted by Crippen LogP contribution is 2.30. The maximum atomic E-state index is 12.7. The summed E-state index contributed by atoms with van der Waals surface area (Å²) in [4.78, 5) is 12.7. The lowest BCUT2D eigenvalue weighted by molar-refractivity contribution is -0.116. The molecule has 146 valence electrons. The molecule has 0 radical (unpaired) electrons. The van der Waals surface area contributed by atoms with E-state index in [0.29, 0.717) is 22.9 Å². The van der Waals surface area contributed by atoms with Crippen molar-refractivity contribution in [2.45, 2.75) is 19.9 Å². The molecule has 0 aliphatic rings. The standard InChI is InChI=1S/C19H24N2O5S/c1-13-7-6-8-16(11-13)21(27(5,23)24)14(2)19(22)20-15-9-10-17(25-3)18(12-15)26-4/h6-12,14H,1-5H3,(H,20,22). The zero-order valence-corrected chi connectivity index (χ0v) is 16.8. The van der Waals surface area contributed by atoms with Crippen LogP contribution in [-0.4, -0.2) is 40.8 Å². The number of nitrogens with one attached hydrogen (secondary N) is 1. The highest BCUT2D eigenvalue weighted by Gasteiger charge is 2.29. The van der Waals surface area contributed by atoms with E-state index in [1.54, 1.807) is 43.3 Å². The first-order chi connectivity index (χ1) is 12.7. The number of hydrogen-bond donors (Lipinski definition) is 1. The van der Waals surface area contributed by atoms with Crippen molar-refractivity contribution in [3.63, 3.8) is 0 Å². The number of rotatable bonds is 7. The molecule has 0 bridgehead atoms. The second kappa shape index (κ2) is 8.30. The zero-order chi connectivity index (χ0) is 20.2. The van der Waals surface area contributed by atoms with Gasteiger partial charge in [-0.05, 0) is 43.7 Å². The predicted octanol–water partition coefficient (Wildman–Crippen LogP) is 2.81. The van der Waals surface area contributed by atoms with Gasteiger partial charge < -0.3 is 14.8 Å². The summed E-state index contributed by atoms with van der Waals surface area (Å²) in [5.41, 5.74) is 1.81. The Labute approximate surface area is 160 Å². The summed E-state index contributed by atoms with van der Waals surface area (Å²) in [7, 11) is -0.654. The molecule has 0 aromatic heterocycles. The van der Waals surface area contributed by atoms with Crippen LogP contribution in [0.1, 0.15) is 12.5 Å². The van der Waals surface area contributed by atoms with Gasteiger partial charge in [0.05, 0.1) is 26.2 Å². The van der Waals surface area contributed by atoms with Gasteiger partial charge in [0.25, 0.3) is 0 Å². The largest absolute Gasteiger partial charge is 0.493 e. The van der Waals surface area contributed by atoms with Crippen molar-refractivity contribution in [3.05, 3.63) is 48.0 Å². The molecule has 1 N–H and O–H groups in total. The topological polar surface area (TPSA) is 84.9 Å². The maximum absolute atomic E-state index is 12.7.